The first kappa shape index (κ1) is 19.1. The number of alkyl halides is 2. The van der Waals surface area contributed by atoms with Crippen molar-refractivity contribution in [1.29, 1.82) is 0 Å². The molecule has 26 heavy (non-hydrogen) atoms. The Hall–Kier alpha value is -1.69. The zero-order chi connectivity index (χ0) is 18.5. The topological polar surface area (TPSA) is 41.6 Å². The molecular formula is C20H28F2N2O2. The van der Waals surface area contributed by atoms with Crippen molar-refractivity contribution in [2.45, 2.75) is 70.7 Å². The lowest BCUT2D eigenvalue weighted by atomic mass is 9.86. The van der Waals surface area contributed by atoms with Crippen molar-refractivity contribution in [2.75, 3.05) is 6.54 Å². The monoisotopic (exact) mass is 366 g/mol. The van der Waals surface area contributed by atoms with E-state index >= 15 is 0 Å². The molecule has 4 nitrogen and oxygen atoms in total. The van der Waals surface area contributed by atoms with Gasteiger partial charge in [0, 0.05) is 18.6 Å². The zero-order valence-electron chi connectivity index (χ0n) is 15.3. The number of carbonyl (C=O) groups is 1. The van der Waals surface area contributed by atoms with Gasteiger partial charge in [-0.1, -0.05) is 19.1 Å². The minimum Gasteiger partial charge on any atom is -0.435 e. The molecule has 1 aromatic carbocycles. The summed E-state index contributed by atoms with van der Waals surface area (Å²) in [7, 11) is 0. The highest BCUT2D eigenvalue weighted by Gasteiger charge is 2.36. The first-order chi connectivity index (χ1) is 12.5. The molecule has 1 N–H and O–H groups in total. The van der Waals surface area contributed by atoms with Crippen LogP contribution in [0.15, 0.2) is 24.3 Å². The molecule has 0 unspecified atom stereocenters. The van der Waals surface area contributed by atoms with Crippen LogP contribution in [0.4, 0.5) is 8.78 Å². The van der Waals surface area contributed by atoms with Crippen LogP contribution in [0.5, 0.6) is 5.75 Å². The van der Waals surface area contributed by atoms with E-state index in [9.17, 15) is 13.6 Å². The average molecular weight is 366 g/mol. The number of carbonyl (C=O) groups excluding carboxylic acids is 1. The molecule has 2 aliphatic rings. The van der Waals surface area contributed by atoms with E-state index in [2.05, 4.69) is 21.9 Å². The number of rotatable bonds is 8. The van der Waals surface area contributed by atoms with Gasteiger partial charge in [-0.2, -0.15) is 8.78 Å². The second-order valence-electron chi connectivity index (χ2n) is 7.62. The molecule has 144 valence electrons. The van der Waals surface area contributed by atoms with Gasteiger partial charge in [-0.25, -0.2) is 0 Å². The van der Waals surface area contributed by atoms with Gasteiger partial charge in [0.05, 0.1) is 6.54 Å². The van der Waals surface area contributed by atoms with Crippen LogP contribution in [-0.2, 0) is 11.3 Å². The molecule has 2 saturated carbocycles. The molecule has 1 amide bonds. The molecule has 1 aromatic rings. The third-order valence-electron chi connectivity index (χ3n) is 5.43. The zero-order valence-corrected chi connectivity index (χ0v) is 15.3. The van der Waals surface area contributed by atoms with Crippen molar-refractivity contribution >= 4 is 5.91 Å². The Kier molecular flexibility index (Phi) is 6.46. The molecule has 0 atom stereocenters. The number of amides is 1. The quantitative estimate of drug-likeness (QED) is 0.757. The number of hydrogen-bond acceptors (Lipinski definition) is 3. The third-order valence-corrected chi connectivity index (χ3v) is 5.43. The highest BCUT2D eigenvalue weighted by molar-refractivity contribution is 5.78. The average Bonchev–Trinajstić information content (AvgIpc) is 3.44. The van der Waals surface area contributed by atoms with Crippen molar-refractivity contribution in [3.63, 3.8) is 0 Å². The van der Waals surface area contributed by atoms with E-state index in [0.29, 0.717) is 25.2 Å². The molecule has 3 rings (SSSR count). The second-order valence-corrected chi connectivity index (χ2v) is 7.62. The highest BCUT2D eigenvalue weighted by Crippen LogP contribution is 2.34. The van der Waals surface area contributed by atoms with Crippen molar-refractivity contribution in [3.05, 3.63) is 29.8 Å². The minimum absolute atomic E-state index is 0.0310. The molecule has 0 heterocycles. The molecule has 2 aliphatic carbocycles. The maximum Gasteiger partial charge on any atom is 0.387 e. The minimum atomic E-state index is -2.82. The number of benzene rings is 1. The molecule has 0 spiro atoms. The lowest BCUT2D eigenvalue weighted by Gasteiger charge is -2.36. The van der Waals surface area contributed by atoms with Crippen molar-refractivity contribution in [3.8, 4) is 5.75 Å². The van der Waals surface area contributed by atoms with Crippen LogP contribution in [0.25, 0.3) is 0 Å². The molecule has 2 fully saturated rings. The van der Waals surface area contributed by atoms with E-state index in [4.69, 9.17) is 0 Å². The smallest absolute Gasteiger partial charge is 0.387 e. The third kappa shape index (κ3) is 5.66. The highest BCUT2D eigenvalue weighted by atomic mass is 19.3. The van der Waals surface area contributed by atoms with Crippen molar-refractivity contribution in [2.24, 2.45) is 5.92 Å². The Morgan fingerprint density at radius 2 is 1.69 bits per heavy atom. The Bertz CT molecular complexity index is 582. The Labute approximate surface area is 153 Å². The van der Waals surface area contributed by atoms with E-state index in [1.807, 2.05) is 0 Å². The van der Waals surface area contributed by atoms with E-state index in [1.54, 1.807) is 12.1 Å². The van der Waals surface area contributed by atoms with Gasteiger partial charge in [-0.15, -0.1) is 0 Å². The summed E-state index contributed by atoms with van der Waals surface area (Å²) < 4.78 is 28.6. The van der Waals surface area contributed by atoms with Crippen LogP contribution in [0, 0.1) is 5.92 Å². The fourth-order valence-corrected chi connectivity index (χ4v) is 3.75. The van der Waals surface area contributed by atoms with E-state index in [0.717, 1.165) is 11.5 Å². The summed E-state index contributed by atoms with van der Waals surface area (Å²) in [5, 5.41) is 2.95. The number of halogens is 2. The summed E-state index contributed by atoms with van der Waals surface area (Å²) in [4.78, 5) is 14.8. The first-order valence-electron chi connectivity index (χ1n) is 9.57. The molecule has 0 saturated heterocycles. The number of nitrogens with zero attached hydrogens (tertiary/aromatic N) is 1. The summed E-state index contributed by atoms with van der Waals surface area (Å²) in [5.41, 5.74) is 0.865. The Morgan fingerprint density at radius 3 is 2.23 bits per heavy atom. The SMILES string of the molecule is CC1CCC(N(CC(=O)NCc2ccc(OC(F)F)cc2)C2CC2)CC1. The van der Waals surface area contributed by atoms with Crippen LogP contribution in [0.2, 0.25) is 0 Å². The van der Waals surface area contributed by atoms with Crippen molar-refractivity contribution < 1.29 is 18.3 Å². The molecule has 0 aromatic heterocycles. The van der Waals surface area contributed by atoms with E-state index < -0.39 is 6.61 Å². The lowest BCUT2D eigenvalue weighted by Crippen LogP contribution is -2.45. The van der Waals surface area contributed by atoms with Gasteiger partial charge in [0.2, 0.25) is 5.91 Å². The lowest BCUT2D eigenvalue weighted by molar-refractivity contribution is -0.123. The maximum atomic E-state index is 12.4. The number of ether oxygens (including phenoxy) is 1. The first-order valence-corrected chi connectivity index (χ1v) is 9.57. The second kappa shape index (κ2) is 8.80. The molecule has 0 aliphatic heterocycles. The Balaban J connectivity index is 1.46. The summed E-state index contributed by atoms with van der Waals surface area (Å²) in [6.45, 7) is 0.337. The normalized spacial score (nSPS) is 23.3. The fourth-order valence-electron chi connectivity index (χ4n) is 3.75. The largest absolute Gasteiger partial charge is 0.435 e. The maximum absolute atomic E-state index is 12.4. The summed E-state index contributed by atoms with van der Waals surface area (Å²) in [5.74, 6) is 0.961. The van der Waals surface area contributed by atoms with Crippen LogP contribution in [-0.4, -0.2) is 36.0 Å². The predicted octanol–water partition coefficient (Wildman–Crippen LogP) is 3.95. The number of nitrogens with one attached hydrogen (secondary N) is 1. The Morgan fingerprint density at radius 1 is 1.12 bits per heavy atom. The van der Waals surface area contributed by atoms with E-state index in [-0.39, 0.29) is 11.7 Å². The van der Waals surface area contributed by atoms with Gasteiger partial charge in [0.15, 0.2) is 0 Å². The van der Waals surface area contributed by atoms with Gasteiger partial charge >= 0.3 is 6.61 Å². The van der Waals surface area contributed by atoms with E-state index in [1.165, 1.54) is 50.7 Å². The molecule has 6 heteroatoms. The van der Waals surface area contributed by atoms with Crippen molar-refractivity contribution in [1.82, 2.24) is 10.2 Å². The standard InChI is InChI=1S/C20H28F2N2O2/c1-14-2-6-16(7-3-14)24(17-8-9-17)13-19(25)23-12-15-4-10-18(11-5-15)26-20(21)22/h4-5,10-11,14,16-17,20H,2-3,6-9,12-13H2,1H3,(H,23,25). The van der Waals surface area contributed by atoms with Gasteiger partial charge < -0.3 is 10.1 Å². The summed E-state index contributed by atoms with van der Waals surface area (Å²) >= 11 is 0. The molecule has 0 radical (unpaired) electrons. The van der Waals surface area contributed by atoms with Gasteiger partial charge in [-0.3, -0.25) is 9.69 Å². The predicted molar refractivity (Wildman–Crippen MR) is 96.1 cm³/mol. The van der Waals surface area contributed by atoms with Crippen LogP contribution in [0.3, 0.4) is 0 Å². The molecular weight excluding hydrogens is 338 g/mol. The summed E-state index contributed by atoms with van der Waals surface area (Å²) in [6, 6.07) is 7.49. The van der Waals surface area contributed by atoms with Gasteiger partial charge in [-0.05, 0) is 62.1 Å². The summed E-state index contributed by atoms with van der Waals surface area (Å²) in [6.07, 6.45) is 7.29. The number of hydrogen-bond donors (Lipinski definition) is 1. The van der Waals surface area contributed by atoms with Crippen LogP contribution < -0.4 is 10.1 Å². The van der Waals surface area contributed by atoms with Crippen LogP contribution >= 0.6 is 0 Å². The van der Waals surface area contributed by atoms with Crippen LogP contribution in [0.1, 0.15) is 51.0 Å². The molecule has 0 bridgehead atoms. The van der Waals surface area contributed by atoms with Gasteiger partial charge in [0.1, 0.15) is 5.75 Å². The fraction of sp³-hybridized carbons (Fsp3) is 0.650. The van der Waals surface area contributed by atoms with Gasteiger partial charge in [0.25, 0.3) is 0 Å².